The van der Waals surface area contributed by atoms with Crippen molar-refractivity contribution in [1.82, 2.24) is 9.80 Å². The standard InChI is InChI=1S/C13H28N2/c1-11(2)15-9-7-8-12(10-15)13(3,4)14(5)6/h11-12H,7-10H2,1-6H3. The summed E-state index contributed by atoms with van der Waals surface area (Å²) in [6.45, 7) is 11.9. The van der Waals surface area contributed by atoms with Crippen LogP contribution < -0.4 is 0 Å². The summed E-state index contributed by atoms with van der Waals surface area (Å²) in [5.41, 5.74) is 0.327. The number of nitrogens with zero attached hydrogens (tertiary/aromatic N) is 2. The van der Waals surface area contributed by atoms with Gasteiger partial charge in [-0.1, -0.05) is 0 Å². The van der Waals surface area contributed by atoms with Gasteiger partial charge in [0.2, 0.25) is 0 Å². The minimum Gasteiger partial charge on any atom is -0.304 e. The topological polar surface area (TPSA) is 6.48 Å². The zero-order valence-corrected chi connectivity index (χ0v) is 11.4. The van der Waals surface area contributed by atoms with Crippen molar-refractivity contribution in [2.45, 2.75) is 52.1 Å². The van der Waals surface area contributed by atoms with Crippen molar-refractivity contribution in [2.24, 2.45) is 5.92 Å². The summed E-state index contributed by atoms with van der Waals surface area (Å²) < 4.78 is 0. The second kappa shape index (κ2) is 4.84. The highest BCUT2D eigenvalue weighted by molar-refractivity contribution is 4.90. The highest BCUT2D eigenvalue weighted by Gasteiger charge is 2.35. The van der Waals surface area contributed by atoms with E-state index in [1.165, 1.54) is 25.9 Å². The molecule has 0 radical (unpaired) electrons. The number of hydrogen-bond donors (Lipinski definition) is 0. The molecule has 0 spiro atoms. The predicted molar refractivity (Wildman–Crippen MR) is 67.2 cm³/mol. The van der Waals surface area contributed by atoms with Gasteiger partial charge >= 0.3 is 0 Å². The summed E-state index contributed by atoms with van der Waals surface area (Å²) in [4.78, 5) is 5.00. The molecule has 1 unspecified atom stereocenters. The van der Waals surface area contributed by atoms with Crippen LogP contribution in [-0.4, -0.2) is 48.6 Å². The van der Waals surface area contributed by atoms with Crippen molar-refractivity contribution in [1.29, 1.82) is 0 Å². The third-order valence-electron chi connectivity index (χ3n) is 4.33. The number of likely N-dealkylation sites (tertiary alicyclic amines) is 1. The van der Waals surface area contributed by atoms with Crippen LogP contribution in [0.1, 0.15) is 40.5 Å². The summed E-state index contributed by atoms with van der Waals surface area (Å²) in [6, 6.07) is 0.700. The Hall–Kier alpha value is -0.0800. The van der Waals surface area contributed by atoms with Crippen LogP contribution in [0.15, 0.2) is 0 Å². The van der Waals surface area contributed by atoms with Crippen LogP contribution in [0.3, 0.4) is 0 Å². The average Bonchev–Trinajstić information content (AvgIpc) is 2.17. The van der Waals surface area contributed by atoms with E-state index in [1.807, 2.05) is 0 Å². The van der Waals surface area contributed by atoms with Crippen molar-refractivity contribution in [3.05, 3.63) is 0 Å². The summed E-state index contributed by atoms with van der Waals surface area (Å²) in [5.74, 6) is 0.809. The molecular weight excluding hydrogens is 184 g/mol. The molecule has 0 aromatic carbocycles. The summed E-state index contributed by atoms with van der Waals surface area (Å²) >= 11 is 0. The molecular formula is C13H28N2. The molecule has 1 rings (SSSR count). The van der Waals surface area contributed by atoms with E-state index in [-0.39, 0.29) is 0 Å². The Morgan fingerprint density at radius 2 is 1.87 bits per heavy atom. The van der Waals surface area contributed by atoms with Crippen molar-refractivity contribution in [3.63, 3.8) is 0 Å². The number of piperidine rings is 1. The molecule has 0 N–H and O–H groups in total. The molecule has 90 valence electrons. The highest BCUT2D eigenvalue weighted by Crippen LogP contribution is 2.30. The van der Waals surface area contributed by atoms with E-state index in [0.29, 0.717) is 11.6 Å². The maximum atomic E-state index is 2.62. The lowest BCUT2D eigenvalue weighted by Gasteiger charge is -2.46. The van der Waals surface area contributed by atoms with Gasteiger partial charge in [-0.3, -0.25) is 0 Å². The third kappa shape index (κ3) is 2.94. The third-order valence-corrected chi connectivity index (χ3v) is 4.33. The van der Waals surface area contributed by atoms with Gasteiger partial charge in [-0.15, -0.1) is 0 Å². The number of hydrogen-bond acceptors (Lipinski definition) is 2. The molecule has 0 aromatic rings. The van der Waals surface area contributed by atoms with Crippen LogP contribution in [0, 0.1) is 5.92 Å². The Balaban J connectivity index is 2.63. The fourth-order valence-electron chi connectivity index (χ4n) is 2.42. The predicted octanol–water partition coefficient (Wildman–Crippen LogP) is 2.45. The van der Waals surface area contributed by atoms with E-state index in [1.54, 1.807) is 0 Å². The molecule has 2 nitrogen and oxygen atoms in total. The van der Waals surface area contributed by atoms with E-state index in [2.05, 4.69) is 51.6 Å². The zero-order valence-electron chi connectivity index (χ0n) is 11.4. The van der Waals surface area contributed by atoms with Gasteiger partial charge < -0.3 is 9.80 Å². The van der Waals surface area contributed by atoms with Gasteiger partial charge in [0.15, 0.2) is 0 Å². The zero-order chi connectivity index (χ0) is 11.6. The lowest BCUT2D eigenvalue weighted by atomic mass is 9.80. The first-order valence-corrected chi connectivity index (χ1v) is 6.27. The van der Waals surface area contributed by atoms with Crippen molar-refractivity contribution in [3.8, 4) is 0 Å². The molecule has 1 aliphatic rings. The van der Waals surface area contributed by atoms with Crippen LogP contribution in [0.5, 0.6) is 0 Å². The molecule has 1 atom stereocenters. The van der Waals surface area contributed by atoms with Crippen LogP contribution in [0.4, 0.5) is 0 Å². The molecule has 1 heterocycles. The fourth-order valence-corrected chi connectivity index (χ4v) is 2.42. The van der Waals surface area contributed by atoms with E-state index >= 15 is 0 Å². The molecule has 0 bridgehead atoms. The van der Waals surface area contributed by atoms with Gasteiger partial charge in [-0.25, -0.2) is 0 Å². The molecule has 15 heavy (non-hydrogen) atoms. The quantitative estimate of drug-likeness (QED) is 0.709. The largest absolute Gasteiger partial charge is 0.304 e. The molecule has 0 saturated carbocycles. The average molecular weight is 212 g/mol. The maximum absolute atomic E-state index is 2.62. The monoisotopic (exact) mass is 212 g/mol. The van der Waals surface area contributed by atoms with E-state index < -0.39 is 0 Å². The van der Waals surface area contributed by atoms with Crippen molar-refractivity contribution in [2.75, 3.05) is 27.2 Å². The summed E-state index contributed by atoms with van der Waals surface area (Å²) in [5, 5.41) is 0. The Kier molecular flexibility index (Phi) is 4.19. The lowest BCUT2D eigenvalue weighted by Crippen LogP contribution is -2.52. The van der Waals surface area contributed by atoms with Gasteiger partial charge in [0, 0.05) is 18.1 Å². The van der Waals surface area contributed by atoms with Crippen molar-refractivity contribution < 1.29 is 0 Å². The van der Waals surface area contributed by atoms with Gasteiger partial charge in [0.1, 0.15) is 0 Å². The first kappa shape index (κ1) is 13.0. The van der Waals surface area contributed by atoms with Gasteiger partial charge in [-0.05, 0) is 67.1 Å². The minimum absolute atomic E-state index is 0.327. The Bertz CT molecular complexity index is 197. The fraction of sp³-hybridized carbons (Fsp3) is 1.00. The van der Waals surface area contributed by atoms with E-state index in [4.69, 9.17) is 0 Å². The maximum Gasteiger partial charge on any atom is 0.0187 e. The summed E-state index contributed by atoms with van der Waals surface area (Å²) in [7, 11) is 4.41. The molecule has 1 fully saturated rings. The van der Waals surface area contributed by atoms with Gasteiger partial charge in [0.25, 0.3) is 0 Å². The molecule has 1 aliphatic heterocycles. The lowest BCUT2D eigenvalue weighted by molar-refractivity contribution is 0.0396. The van der Waals surface area contributed by atoms with Gasteiger partial charge in [-0.2, -0.15) is 0 Å². The highest BCUT2D eigenvalue weighted by atomic mass is 15.2. The second-order valence-electron chi connectivity index (χ2n) is 5.98. The SMILES string of the molecule is CC(C)N1CCCC(C(C)(C)N(C)C)C1. The number of rotatable bonds is 3. The van der Waals surface area contributed by atoms with Crippen LogP contribution in [0.2, 0.25) is 0 Å². The Morgan fingerprint density at radius 3 is 2.33 bits per heavy atom. The Morgan fingerprint density at radius 1 is 1.27 bits per heavy atom. The van der Waals surface area contributed by atoms with Crippen molar-refractivity contribution >= 4 is 0 Å². The normalized spacial score (nSPS) is 25.2. The molecule has 0 aromatic heterocycles. The second-order valence-corrected chi connectivity index (χ2v) is 5.98. The first-order valence-electron chi connectivity index (χ1n) is 6.27. The van der Waals surface area contributed by atoms with Crippen LogP contribution in [0.25, 0.3) is 0 Å². The first-order chi connectivity index (χ1) is 6.85. The molecule has 0 aliphatic carbocycles. The molecule has 2 heteroatoms. The molecule has 0 amide bonds. The van der Waals surface area contributed by atoms with E-state index in [9.17, 15) is 0 Å². The Labute approximate surface area is 95.6 Å². The summed E-state index contributed by atoms with van der Waals surface area (Å²) in [6.07, 6.45) is 2.74. The van der Waals surface area contributed by atoms with Crippen LogP contribution >= 0.6 is 0 Å². The molecule has 1 saturated heterocycles. The smallest absolute Gasteiger partial charge is 0.0187 e. The minimum atomic E-state index is 0.327. The van der Waals surface area contributed by atoms with E-state index in [0.717, 1.165) is 5.92 Å². The van der Waals surface area contributed by atoms with Gasteiger partial charge in [0.05, 0.1) is 0 Å². The van der Waals surface area contributed by atoms with Crippen LogP contribution in [-0.2, 0) is 0 Å².